The van der Waals surface area contributed by atoms with Gasteiger partial charge in [-0.25, -0.2) is 18.6 Å². The van der Waals surface area contributed by atoms with E-state index in [1.54, 1.807) is 49.1 Å². The van der Waals surface area contributed by atoms with Crippen molar-refractivity contribution < 1.29 is 28.2 Å². The van der Waals surface area contributed by atoms with E-state index in [0.29, 0.717) is 29.2 Å². The molecule has 4 aromatic rings. The fraction of sp³-hybridized carbons (Fsp3) is 0.207. The summed E-state index contributed by atoms with van der Waals surface area (Å²) in [5, 5.41) is 12.2. The number of halogens is 2. The van der Waals surface area contributed by atoms with Crippen LogP contribution in [-0.2, 0) is 11.3 Å². The van der Waals surface area contributed by atoms with Crippen molar-refractivity contribution in [1.29, 1.82) is 0 Å². The highest BCUT2D eigenvalue weighted by atomic mass is 32.2. The molecule has 1 unspecified atom stereocenters. The van der Waals surface area contributed by atoms with Crippen LogP contribution in [-0.4, -0.2) is 44.6 Å². The van der Waals surface area contributed by atoms with Gasteiger partial charge in [-0.2, -0.15) is 11.8 Å². The summed E-state index contributed by atoms with van der Waals surface area (Å²) in [4.78, 5) is 29.0. The van der Waals surface area contributed by atoms with Crippen LogP contribution in [0, 0.1) is 11.6 Å². The highest BCUT2D eigenvalue weighted by Crippen LogP contribution is 2.32. The van der Waals surface area contributed by atoms with Crippen LogP contribution >= 0.6 is 11.8 Å². The second-order valence-corrected chi connectivity index (χ2v) is 9.76. The molecule has 0 aliphatic rings. The summed E-state index contributed by atoms with van der Waals surface area (Å²) in [6.45, 7) is 0.384. The van der Waals surface area contributed by atoms with Gasteiger partial charge in [0, 0.05) is 18.0 Å². The Balaban J connectivity index is 1.68. The van der Waals surface area contributed by atoms with Crippen molar-refractivity contribution in [3.63, 3.8) is 0 Å². The molecule has 1 heterocycles. The Morgan fingerprint density at radius 3 is 2.36 bits per heavy atom. The molecule has 39 heavy (non-hydrogen) atoms. The molecule has 3 aromatic carbocycles. The molecule has 0 bridgehead atoms. The molecule has 2 N–H and O–H groups in total. The zero-order chi connectivity index (χ0) is 27.8. The van der Waals surface area contributed by atoms with Crippen LogP contribution in [0.1, 0.15) is 28.4 Å². The largest absolute Gasteiger partial charge is 0.484 e. The van der Waals surface area contributed by atoms with Crippen molar-refractivity contribution in [1.82, 2.24) is 14.9 Å². The average Bonchev–Trinajstić information content (AvgIpc) is 3.44. The molecule has 4 rings (SSSR count). The van der Waals surface area contributed by atoms with Crippen molar-refractivity contribution in [3.8, 4) is 16.9 Å². The first-order valence-corrected chi connectivity index (χ1v) is 13.5. The van der Waals surface area contributed by atoms with Gasteiger partial charge in [-0.05, 0) is 77.6 Å². The smallest absolute Gasteiger partial charge is 0.326 e. The molecule has 0 aliphatic carbocycles. The number of amides is 1. The number of aliphatic carboxylic acids is 1. The van der Waals surface area contributed by atoms with Gasteiger partial charge in [0.25, 0.3) is 5.91 Å². The molecule has 0 spiro atoms. The van der Waals surface area contributed by atoms with E-state index in [2.05, 4.69) is 10.3 Å². The quantitative estimate of drug-likeness (QED) is 0.239. The van der Waals surface area contributed by atoms with E-state index in [-0.39, 0.29) is 17.8 Å². The second-order valence-electron chi connectivity index (χ2n) is 8.78. The fourth-order valence-electron chi connectivity index (χ4n) is 4.03. The van der Waals surface area contributed by atoms with Gasteiger partial charge in [0.1, 0.15) is 29.5 Å². The van der Waals surface area contributed by atoms with E-state index in [4.69, 9.17) is 4.74 Å². The molecule has 1 aromatic heterocycles. The number of benzene rings is 3. The van der Waals surface area contributed by atoms with Gasteiger partial charge in [-0.15, -0.1) is 0 Å². The number of carboxylic acid groups (broad SMARTS) is 1. The summed E-state index contributed by atoms with van der Waals surface area (Å²) >= 11 is 1.49. The number of aromatic nitrogens is 2. The first-order valence-electron chi connectivity index (χ1n) is 12.1. The zero-order valence-corrected chi connectivity index (χ0v) is 21.9. The van der Waals surface area contributed by atoms with Gasteiger partial charge in [0.15, 0.2) is 0 Å². The Morgan fingerprint density at radius 1 is 1.05 bits per heavy atom. The van der Waals surface area contributed by atoms with Crippen molar-refractivity contribution >= 4 is 23.6 Å². The van der Waals surface area contributed by atoms with Gasteiger partial charge < -0.3 is 19.7 Å². The Kier molecular flexibility index (Phi) is 9.32. The molecule has 0 saturated heterocycles. The second kappa shape index (κ2) is 13.1. The molecule has 0 aliphatic heterocycles. The van der Waals surface area contributed by atoms with Gasteiger partial charge in [-0.1, -0.05) is 24.3 Å². The third-order valence-electron chi connectivity index (χ3n) is 6.06. The summed E-state index contributed by atoms with van der Waals surface area (Å²) < 4.78 is 35.4. The molecular formula is C29H27F2N3O4S. The summed E-state index contributed by atoms with van der Waals surface area (Å²) in [7, 11) is 0. The van der Waals surface area contributed by atoms with Gasteiger partial charge in [-0.3, -0.25) is 4.79 Å². The molecule has 0 saturated carbocycles. The van der Waals surface area contributed by atoms with Crippen LogP contribution in [0.3, 0.4) is 0 Å². The lowest BCUT2D eigenvalue weighted by Gasteiger charge is -2.22. The molecule has 10 heteroatoms. The molecule has 0 radical (unpaired) electrons. The zero-order valence-electron chi connectivity index (χ0n) is 21.1. The molecule has 2 atom stereocenters. The summed E-state index contributed by atoms with van der Waals surface area (Å²) in [6.07, 6.45) is 6.68. The monoisotopic (exact) mass is 551 g/mol. The topological polar surface area (TPSA) is 93.5 Å². The highest BCUT2D eigenvalue weighted by molar-refractivity contribution is 7.98. The third kappa shape index (κ3) is 7.44. The first-order chi connectivity index (χ1) is 18.8. The summed E-state index contributed by atoms with van der Waals surface area (Å²) in [5.41, 5.74) is 1.95. The van der Waals surface area contributed by atoms with Crippen LogP contribution in [0.25, 0.3) is 11.1 Å². The number of nitrogens with zero attached hydrogens (tertiary/aromatic N) is 2. The lowest BCUT2D eigenvalue weighted by atomic mass is 9.98. The Hall–Kier alpha value is -4.18. The summed E-state index contributed by atoms with van der Waals surface area (Å²) in [5.74, 6) is -1.51. The van der Waals surface area contributed by atoms with E-state index >= 15 is 0 Å². The number of carbonyl (C=O) groups is 2. The van der Waals surface area contributed by atoms with E-state index in [9.17, 15) is 23.5 Å². The number of thioether (sulfide) groups is 1. The number of nitrogens with one attached hydrogen (secondary N) is 1. The summed E-state index contributed by atoms with van der Waals surface area (Å²) in [6, 6.07) is 15.4. The van der Waals surface area contributed by atoms with E-state index in [1.165, 1.54) is 48.2 Å². The van der Waals surface area contributed by atoms with Crippen LogP contribution < -0.4 is 10.1 Å². The third-order valence-corrected chi connectivity index (χ3v) is 6.70. The first kappa shape index (κ1) is 27.8. The number of carbonyl (C=O) groups excluding carboxylic acids is 1. The highest BCUT2D eigenvalue weighted by Gasteiger charge is 2.23. The maximum atomic E-state index is 13.7. The molecule has 202 valence electrons. The Bertz CT molecular complexity index is 1400. The average molecular weight is 552 g/mol. The van der Waals surface area contributed by atoms with E-state index in [0.717, 1.165) is 5.56 Å². The van der Waals surface area contributed by atoms with Gasteiger partial charge in [0.2, 0.25) is 0 Å². The van der Waals surface area contributed by atoms with E-state index in [1.807, 2.05) is 10.8 Å². The maximum absolute atomic E-state index is 13.7. The van der Waals surface area contributed by atoms with Gasteiger partial charge in [0.05, 0.1) is 12.9 Å². The van der Waals surface area contributed by atoms with Crippen molar-refractivity contribution in [3.05, 3.63) is 108 Å². The van der Waals surface area contributed by atoms with Crippen molar-refractivity contribution in [2.24, 2.45) is 0 Å². The Morgan fingerprint density at radius 2 is 1.74 bits per heavy atom. The predicted molar refractivity (Wildman–Crippen MR) is 146 cm³/mol. The minimum absolute atomic E-state index is 0.220. The van der Waals surface area contributed by atoms with Crippen molar-refractivity contribution in [2.75, 3.05) is 12.0 Å². The molecular weight excluding hydrogens is 524 g/mol. The number of hydrogen-bond acceptors (Lipinski definition) is 5. The number of hydrogen-bond donors (Lipinski definition) is 2. The van der Waals surface area contributed by atoms with Crippen LogP contribution in [0.15, 0.2) is 85.5 Å². The minimum atomic E-state index is -1.12. The fourth-order valence-corrected chi connectivity index (χ4v) is 4.50. The maximum Gasteiger partial charge on any atom is 0.326 e. The molecule has 7 nitrogen and oxygen atoms in total. The lowest BCUT2D eigenvalue weighted by Crippen LogP contribution is -2.41. The van der Waals surface area contributed by atoms with Crippen LogP contribution in [0.5, 0.6) is 5.75 Å². The number of ether oxygens (including phenoxy) is 1. The van der Waals surface area contributed by atoms with Gasteiger partial charge >= 0.3 is 5.97 Å². The number of imidazole rings is 1. The molecule has 0 fully saturated rings. The Labute approximate surface area is 228 Å². The SMILES string of the molecule is CSCC[C@H](NC(=O)c1ccc(OC(Cn2ccnc2)c2ccc(F)cc2)cc1-c1ccc(F)cc1)C(=O)O. The number of carboxylic acids is 1. The number of rotatable bonds is 12. The normalized spacial score (nSPS) is 12.5. The van der Waals surface area contributed by atoms with Crippen LogP contribution in [0.4, 0.5) is 8.78 Å². The van der Waals surface area contributed by atoms with E-state index < -0.39 is 29.8 Å². The minimum Gasteiger partial charge on any atom is -0.484 e. The standard InChI is InChI=1S/C29H27F2N3O4S/c1-39-15-12-26(29(36)37)33-28(35)24-11-10-23(16-25(24)19-2-6-21(30)7-3-19)38-27(17-34-14-13-32-18-34)20-4-8-22(31)9-5-20/h2-11,13-14,16,18,26-27H,12,15,17H2,1H3,(H,33,35)(H,36,37)/t26-,27?/m0/s1. The van der Waals surface area contributed by atoms with Crippen LogP contribution in [0.2, 0.25) is 0 Å². The van der Waals surface area contributed by atoms with Crippen molar-refractivity contribution in [2.45, 2.75) is 25.1 Å². The molecule has 1 amide bonds. The lowest BCUT2D eigenvalue weighted by molar-refractivity contribution is -0.139. The predicted octanol–water partition coefficient (Wildman–Crippen LogP) is 5.58.